The molecule has 0 aliphatic carbocycles. The third-order valence-corrected chi connectivity index (χ3v) is 3.83. The highest BCUT2D eigenvalue weighted by atomic mass is 16.5. The molecule has 1 aromatic rings. The summed E-state index contributed by atoms with van der Waals surface area (Å²) in [6, 6.07) is 9.79. The van der Waals surface area contributed by atoms with E-state index < -0.39 is 5.60 Å². The molecule has 3 rings (SSSR count). The lowest BCUT2D eigenvalue weighted by Gasteiger charge is -2.45. The molecule has 0 spiro atoms. The maximum Gasteiger partial charge on any atom is 0.0991 e. The molecule has 18 heavy (non-hydrogen) atoms. The molecule has 2 bridgehead atoms. The Kier molecular flexibility index (Phi) is 2.83. The summed E-state index contributed by atoms with van der Waals surface area (Å²) in [6.45, 7) is 1.32. The molecule has 4 nitrogen and oxygen atoms in total. The third kappa shape index (κ3) is 2.01. The first-order valence-electron chi connectivity index (χ1n) is 6.26. The number of nitriles is 1. The van der Waals surface area contributed by atoms with Crippen LogP contribution in [0.3, 0.4) is 0 Å². The first kappa shape index (κ1) is 11.7. The molecule has 2 aliphatic rings. The molecule has 2 unspecified atom stereocenters. The van der Waals surface area contributed by atoms with Gasteiger partial charge in [0.15, 0.2) is 0 Å². The van der Waals surface area contributed by atoms with Crippen LogP contribution in [0, 0.1) is 11.3 Å². The number of piperidine rings is 1. The van der Waals surface area contributed by atoms with Crippen LogP contribution in [0.15, 0.2) is 24.3 Å². The van der Waals surface area contributed by atoms with Crippen LogP contribution >= 0.6 is 0 Å². The summed E-state index contributed by atoms with van der Waals surface area (Å²) >= 11 is 0. The average Bonchev–Trinajstić information content (AvgIpc) is 2.38. The molecule has 2 aliphatic heterocycles. The highest BCUT2D eigenvalue weighted by molar-refractivity contribution is 5.34. The van der Waals surface area contributed by atoms with Crippen molar-refractivity contribution in [2.45, 2.75) is 30.5 Å². The minimum Gasteiger partial charge on any atom is -0.385 e. The second kappa shape index (κ2) is 4.36. The molecule has 94 valence electrons. The number of ether oxygens (including phenoxy) is 1. The molecule has 0 aromatic heterocycles. The van der Waals surface area contributed by atoms with Gasteiger partial charge in [-0.25, -0.2) is 0 Å². The number of aliphatic hydroxyl groups is 1. The van der Waals surface area contributed by atoms with Crippen LogP contribution in [-0.2, 0) is 10.3 Å². The van der Waals surface area contributed by atoms with E-state index in [0.717, 1.165) is 5.56 Å². The fourth-order valence-electron chi connectivity index (χ4n) is 3.01. The van der Waals surface area contributed by atoms with Gasteiger partial charge >= 0.3 is 0 Å². The van der Waals surface area contributed by atoms with Gasteiger partial charge in [0.25, 0.3) is 0 Å². The van der Waals surface area contributed by atoms with E-state index in [1.165, 1.54) is 0 Å². The van der Waals surface area contributed by atoms with Crippen LogP contribution in [0.25, 0.3) is 0 Å². The molecular weight excluding hydrogens is 228 g/mol. The Hall–Kier alpha value is -1.41. The summed E-state index contributed by atoms with van der Waals surface area (Å²) in [5.74, 6) is 0. The molecule has 0 radical (unpaired) electrons. The van der Waals surface area contributed by atoms with Gasteiger partial charge in [0.05, 0.1) is 30.4 Å². The number of morpholine rings is 1. The molecule has 2 heterocycles. The number of hydrogen-bond acceptors (Lipinski definition) is 4. The van der Waals surface area contributed by atoms with E-state index in [1.54, 1.807) is 12.1 Å². The highest BCUT2D eigenvalue weighted by Crippen LogP contribution is 2.36. The van der Waals surface area contributed by atoms with Gasteiger partial charge in [0.2, 0.25) is 0 Å². The Labute approximate surface area is 106 Å². The molecule has 2 saturated heterocycles. The van der Waals surface area contributed by atoms with Gasteiger partial charge in [-0.05, 0) is 30.5 Å². The van der Waals surface area contributed by atoms with Gasteiger partial charge in [0, 0.05) is 12.1 Å². The first-order chi connectivity index (χ1) is 8.69. The number of fused-ring (bicyclic) bond motifs is 2. The van der Waals surface area contributed by atoms with Gasteiger partial charge < -0.3 is 15.2 Å². The SMILES string of the molecule is N#Cc1ccc(C2(O)CC3COCC(C2)N3)cc1. The van der Waals surface area contributed by atoms with Gasteiger partial charge in [-0.1, -0.05) is 12.1 Å². The van der Waals surface area contributed by atoms with Crippen LogP contribution in [-0.4, -0.2) is 30.4 Å². The van der Waals surface area contributed by atoms with Gasteiger partial charge in [-0.3, -0.25) is 0 Å². The fourth-order valence-corrected chi connectivity index (χ4v) is 3.01. The lowest BCUT2D eigenvalue weighted by molar-refractivity contribution is -0.0802. The lowest BCUT2D eigenvalue weighted by atomic mass is 9.78. The summed E-state index contributed by atoms with van der Waals surface area (Å²) in [5, 5.41) is 23.1. The maximum absolute atomic E-state index is 10.8. The first-order valence-corrected chi connectivity index (χ1v) is 6.26. The Bertz CT molecular complexity index is 466. The Morgan fingerprint density at radius 3 is 2.39 bits per heavy atom. The van der Waals surface area contributed by atoms with E-state index in [4.69, 9.17) is 10.00 Å². The normalized spacial score (nSPS) is 34.9. The summed E-state index contributed by atoms with van der Waals surface area (Å²) in [5.41, 5.74) is 0.734. The molecule has 2 fully saturated rings. The van der Waals surface area contributed by atoms with Gasteiger partial charge in [0.1, 0.15) is 0 Å². The molecular formula is C14H16N2O2. The standard InChI is InChI=1S/C14H16N2O2/c15-7-10-1-3-11(4-2-10)14(17)5-12-8-18-9-13(6-14)16-12/h1-4,12-13,16-17H,5-6,8-9H2. The van der Waals surface area contributed by atoms with Crippen molar-refractivity contribution in [2.75, 3.05) is 13.2 Å². The van der Waals surface area contributed by atoms with Crippen molar-refractivity contribution in [1.29, 1.82) is 5.26 Å². The largest absolute Gasteiger partial charge is 0.385 e. The predicted octanol–water partition coefficient (Wildman–Crippen LogP) is 0.897. The van der Waals surface area contributed by atoms with Crippen molar-refractivity contribution in [3.63, 3.8) is 0 Å². The van der Waals surface area contributed by atoms with Crippen molar-refractivity contribution in [1.82, 2.24) is 5.32 Å². The van der Waals surface area contributed by atoms with Crippen LogP contribution in [0.4, 0.5) is 0 Å². The molecule has 1 aromatic carbocycles. The number of hydrogen-bond donors (Lipinski definition) is 2. The maximum atomic E-state index is 10.8. The topological polar surface area (TPSA) is 65.3 Å². The van der Waals surface area contributed by atoms with Crippen LogP contribution in [0.5, 0.6) is 0 Å². The molecule has 0 saturated carbocycles. The van der Waals surface area contributed by atoms with Crippen molar-refractivity contribution in [3.8, 4) is 6.07 Å². The van der Waals surface area contributed by atoms with Crippen molar-refractivity contribution in [3.05, 3.63) is 35.4 Å². The minimum absolute atomic E-state index is 0.221. The monoisotopic (exact) mass is 244 g/mol. The van der Waals surface area contributed by atoms with Crippen molar-refractivity contribution >= 4 is 0 Å². The second-order valence-electron chi connectivity index (χ2n) is 5.23. The number of benzene rings is 1. The van der Waals surface area contributed by atoms with E-state index in [-0.39, 0.29) is 12.1 Å². The number of nitrogens with zero attached hydrogens (tertiary/aromatic N) is 1. The summed E-state index contributed by atoms with van der Waals surface area (Å²) in [6.07, 6.45) is 1.32. The van der Waals surface area contributed by atoms with Gasteiger partial charge in [-0.15, -0.1) is 0 Å². The van der Waals surface area contributed by atoms with E-state index in [1.807, 2.05) is 12.1 Å². The molecule has 2 N–H and O–H groups in total. The zero-order chi connectivity index (χ0) is 12.6. The zero-order valence-corrected chi connectivity index (χ0v) is 10.1. The number of rotatable bonds is 1. The molecule has 0 amide bonds. The minimum atomic E-state index is -0.793. The van der Waals surface area contributed by atoms with Crippen molar-refractivity contribution < 1.29 is 9.84 Å². The Balaban J connectivity index is 1.87. The molecule has 4 heteroatoms. The summed E-state index contributed by atoms with van der Waals surface area (Å²) < 4.78 is 5.49. The van der Waals surface area contributed by atoms with E-state index in [2.05, 4.69) is 11.4 Å². The highest BCUT2D eigenvalue weighted by Gasteiger charge is 2.42. The predicted molar refractivity (Wildman–Crippen MR) is 65.8 cm³/mol. The lowest BCUT2D eigenvalue weighted by Crippen LogP contribution is -2.58. The van der Waals surface area contributed by atoms with Crippen LogP contribution in [0.2, 0.25) is 0 Å². The fraction of sp³-hybridized carbons (Fsp3) is 0.500. The average molecular weight is 244 g/mol. The van der Waals surface area contributed by atoms with E-state index >= 15 is 0 Å². The van der Waals surface area contributed by atoms with Crippen LogP contribution < -0.4 is 5.32 Å². The summed E-state index contributed by atoms with van der Waals surface area (Å²) in [7, 11) is 0. The zero-order valence-electron chi connectivity index (χ0n) is 10.1. The summed E-state index contributed by atoms with van der Waals surface area (Å²) in [4.78, 5) is 0. The van der Waals surface area contributed by atoms with Crippen LogP contribution in [0.1, 0.15) is 24.0 Å². The second-order valence-corrected chi connectivity index (χ2v) is 5.23. The van der Waals surface area contributed by atoms with Gasteiger partial charge in [-0.2, -0.15) is 5.26 Å². The van der Waals surface area contributed by atoms with E-state index in [9.17, 15) is 5.11 Å². The smallest absolute Gasteiger partial charge is 0.0991 e. The molecule has 2 atom stereocenters. The Morgan fingerprint density at radius 1 is 1.22 bits per heavy atom. The third-order valence-electron chi connectivity index (χ3n) is 3.83. The number of nitrogens with one attached hydrogen (secondary N) is 1. The van der Waals surface area contributed by atoms with E-state index in [0.29, 0.717) is 31.6 Å². The van der Waals surface area contributed by atoms with Crippen molar-refractivity contribution in [2.24, 2.45) is 0 Å². The Morgan fingerprint density at radius 2 is 1.83 bits per heavy atom. The quantitative estimate of drug-likeness (QED) is 0.770.